The summed E-state index contributed by atoms with van der Waals surface area (Å²) in [5.41, 5.74) is 0.677. The summed E-state index contributed by atoms with van der Waals surface area (Å²) in [7, 11) is -3.64. The molecule has 1 saturated carbocycles. The molecule has 2 aliphatic rings. The SMILES string of the molecule is O=C(NS(=O)(=O)Cc1ccccc1)[C@@H]1CC2CCCCC2N1. The number of nitrogens with one attached hydrogen (secondary N) is 2. The van der Waals surface area contributed by atoms with E-state index < -0.39 is 15.9 Å². The van der Waals surface area contributed by atoms with Gasteiger partial charge in [-0.1, -0.05) is 43.2 Å². The Morgan fingerprint density at radius 3 is 2.64 bits per heavy atom. The number of amides is 1. The molecule has 120 valence electrons. The molecule has 1 aliphatic heterocycles. The van der Waals surface area contributed by atoms with Crippen molar-refractivity contribution < 1.29 is 13.2 Å². The maximum atomic E-state index is 12.2. The molecule has 2 fully saturated rings. The lowest BCUT2D eigenvalue weighted by atomic mass is 9.85. The lowest BCUT2D eigenvalue weighted by molar-refractivity contribution is -0.121. The Balaban J connectivity index is 1.59. The van der Waals surface area contributed by atoms with Crippen LogP contribution in [0.1, 0.15) is 37.7 Å². The lowest BCUT2D eigenvalue weighted by Crippen LogP contribution is -2.45. The van der Waals surface area contributed by atoms with Gasteiger partial charge in [-0.25, -0.2) is 8.42 Å². The largest absolute Gasteiger partial charge is 0.303 e. The standard InChI is InChI=1S/C16H22N2O3S/c19-16(15-10-13-8-4-5-9-14(13)17-15)18-22(20,21)11-12-6-2-1-3-7-12/h1-3,6-7,13-15,17H,4-5,8-11H2,(H,18,19)/t13?,14?,15-/m0/s1. The van der Waals surface area contributed by atoms with Crippen LogP contribution >= 0.6 is 0 Å². The molecule has 0 spiro atoms. The zero-order chi connectivity index (χ0) is 15.6. The Labute approximate surface area is 131 Å². The minimum Gasteiger partial charge on any atom is -0.303 e. The number of carbonyl (C=O) groups is 1. The third-order valence-corrected chi connectivity index (χ3v) is 5.86. The van der Waals surface area contributed by atoms with E-state index in [1.165, 1.54) is 12.8 Å². The van der Waals surface area contributed by atoms with Crippen molar-refractivity contribution in [2.45, 2.75) is 49.9 Å². The summed E-state index contributed by atoms with van der Waals surface area (Å²) in [5.74, 6) is -0.0641. The molecule has 1 aromatic carbocycles. The lowest BCUT2D eigenvalue weighted by Gasteiger charge is -2.24. The number of rotatable bonds is 4. The van der Waals surface area contributed by atoms with Crippen LogP contribution in [0.2, 0.25) is 0 Å². The molecule has 3 rings (SSSR count). The number of hydrogen-bond donors (Lipinski definition) is 2. The summed E-state index contributed by atoms with van der Waals surface area (Å²) in [6.45, 7) is 0. The summed E-state index contributed by atoms with van der Waals surface area (Å²) < 4.78 is 26.5. The van der Waals surface area contributed by atoms with Crippen molar-refractivity contribution >= 4 is 15.9 Å². The first-order valence-electron chi connectivity index (χ1n) is 7.88. The molecule has 22 heavy (non-hydrogen) atoms. The zero-order valence-electron chi connectivity index (χ0n) is 12.5. The van der Waals surface area contributed by atoms with Gasteiger partial charge >= 0.3 is 0 Å². The Morgan fingerprint density at radius 2 is 1.91 bits per heavy atom. The molecule has 0 radical (unpaired) electrons. The first-order chi connectivity index (χ1) is 10.5. The van der Waals surface area contributed by atoms with Crippen LogP contribution in [0.3, 0.4) is 0 Å². The van der Waals surface area contributed by atoms with Crippen molar-refractivity contribution in [1.82, 2.24) is 10.0 Å². The maximum Gasteiger partial charge on any atom is 0.250 e. The molecule has 0 bridgehead atoms. The second-order valence-corrected chi connectivity index (χ2v) is 8.04. The van der Waals surface area contributed by atoms with Crippen LogP contribution < -0.4 is 10.0 Å². The molecule has 1 aromatic rings. The van der Waals surface area contributed by atoms with Gasteiger partial charge in [-0.05, 0) is 30.7 Å². The molecule has 6 heteroatoms. The molecular weight excluding hydrogens is 300 g/mol. The Morgan fingerprint density at radius 1 is 1.18 bits per heavy atom. The molecule has 5 nitrogen and oxygen atoms in total. The quantitative estimate of drug-likeness (QED) is 0.882. The van der Waals surface area contributed by atoms with Gasteiger partial charge in [0.05, 0.1) is 11.8 Å². The van der Waals surface area contributed by atoms with Crippen molar-refractivity contribution in [1.29, 1.82) is 0 Å². The van der Waals surface area contributed by atoms with Crippen LogP contribution in [0.25, 0.3) is 0 Å². The third kappa shape index (κ3) is 3.67. The molecule has 1 saturated heterocycles. The second-order valence-electron chi connectivity index (χ2n) is 6.32. The minimum absolute atomic E-state index is 0.168. The molecule has 1 heterocycles. The van der Waals surface area contributed by atoms with E-state index in [2.05, 4.69) is 10.0 Å². The molecule has 3 atom stereocenters. The van der Waals surface area contributed by atoms with Gasteiger partial charge in [0.15, 0.2) is 0 Å². The second kappa shape index (κ2) is 6.38. The topological polar surface area (TPSA) is 75.3 Å². The zero-order valence-corrected chi connectivity index (χ0v) is 13.3. The van der Waals surface area contributed by atoms with E-state index in [0.29, 0.717) is 17.5 Å². The predicted octanol–water partition coefficient (Wildman–Crippen LogP) is 1.55. The fourth-order valence-corrected chi connectivity index (χ4v) is 4.73. The number of benzene rings is 1. The van der Waals surface area contributed by atoms with Crippen LogP contribution in [0.5, 0.6) is 0 Å². The van der Waals surface area contributed by atoms with Crippen molar-refractivity contribution in [2.75, 3.05) is 0 Å². The highest BCUT2D eigenvalue weighted by Crippen LogP contribution is 2.33. The van der Waals surface area contributed by atoms with Crippen molar-refractivity contribution in [2.24, 2.45) is 5.92 Å². The number of fused-ring (bicyclic) bond motifs is 1. The first-order valence-corrected chi connectivity index (χ1v) is 9.53. The highest BCUT2D eigenvalue weighted by Gasteiger charge is 2.39. The molecule has 2 unspecified atom stereocenters. The van der Waals surface area contributed by atoms with E-state index in [1.54, 1.807) is 24.3 Å². The van der Waals surface area contributed by atoms with E-state index >= 15 is 0 Å². The van der Waals surface area contributed by atoms with Gasteiger partial charge in [0.1, 0.15) is 0 Å². The molecule has 1 amide bonds. The normalized spacial score (nSPS) is 28.1. The maximum absolute atomic E-state index is 12.2. The van der Waals surface area contributed by atoms with Crippen LogP contribution in [-0.4, -0.2) is 26.4 Å². The van der Waals surface area contributed by atoms with E-state index in [9.17, 15) is 13.2 Å². The number of sulfonamides is 1. The van der Waals surface area contributed by atoms with Gasteiger partial charge in [-0.15, -0.1) is 0 Å². The highest BCUT2D eigenvalue weighted by atomic mass is 32.2. The van der Waals surface area contributed by atoms with Crippen LogP contribution in [0.15, 0.2) is 30.3 Å². The van der Waals surface area contributed by atoms with Crippen molar-refractivity contribution in [3.63, 3.8) is 0 Å². The minimum atomic E-state index is -3.64. The Bertz CT molecular complexity index is 616. The predicted molar refractivity (Wildman–Crippen MR) is 84.5 cm³/mol. The Kier molecular flexibility index (Phi) is 4.49. The van der Waals surface area contributed by atoms with Gasteiger partial charge in [0, 0.05) is 6.04 Å². The molecule has 1 aliphatic carbocycles. The van der Waals surface area contributed by atoms with E-state index in [-0.39, 0.29) is 11.8 Å². The summed E-state index contributed by atoms with van der Waals surface area (Å²) in [6, 6.07) is 8.89. The van der Waals surface area contributed by atoms with Crippen LogP contribution in [0, 0.1) is 5.92 Å². The van der Waals surface area contributed by atoms with Crippen LogP contribution in [-0.2, 0) is 20.6 Å². The fraction of sp³-hybridized carbons (Fsp3) is 0.562. The molecular formula is C16H22N2O3S. The first kappa shape index (κ1) is 15.5. The van der Waals surface area contributed by atoms with Gasteiger partial charge in [0.2, 0.25) is 10.0 Å². The van der Waals surface area contributed by atoms with Gasteiger partial charge in [-0.3, -0.25) is 9.52 Å². The summed E-state index contributed by atoms with van der Waals surface area (Å²) in [4.78, 5) is 12.2. The van der Waals surface area contributed by atoms with Crippen molar-refractivity contribution in [3.05, 3.63) is 35.9 Å². The highest BCUT2D eigenvalue weighted by molar-refractivity contribution is 7.89. The average Bonchev–Trinajstić information content (AvgIpc) is 2.91. The fourth-order valence-electron chi connectivity index (χ4n) is 3.58. The van der Waals surface area contributed by atoms with E-state index in [1.807, 2.05) is 6.07 Å². The Hall–Kier alpha value is -1.40. The number of carbonyl (C=O) groups excluding carboxylic acids is 1. The number of hydrogen-bond acceptors (Lipinski definition) is 4. The smallest absolute Gasteiger partial charge is 0.250 e. The van der Waals surface area contributed by atoms with Gasteiger partial charge in [-0.2, -0.15) is 0 Å². The summed E-state index contributed by atoms with van der Waals surface area (Å²) >= 11 is 0. The monoisotopic (exact) mass is 322 g/mol. The van der Waals surface area contributed by atoms with Crippen molar-refractivity contribution in [3.8, 4) is 0 Å². The van der Waals surface area contributed by atoms with E-state index in [0.717, 1.165) is 19.3 Å². The summed E-state index contributed by atoms with van der Waals surface area (Å²) in [6.07, 6.45) is 5.37. The third-order valence-electron chi connectivity index (χ3n) is 4.63. The van der Waals surface area contributed by atoms with Crippen LogP contribution in [0.4, 0.5) is 0 Å². The average molecular weight is 322 g/mol. The van der Waals surface area contributed by atoms with E-state index in [4.69, 9.17) is 0 Å². The summed E-state index contributed by atoms with van der Waals surface area (Å²) in [5, 5.41) is 3.30. The van der Waals surface area contributed by atoms with Gasteiger partial charge in [0.25, 0.3) is 5.91 Å². The molecule has 0 aromatic heterocycles. The molecule has 2 N–H and O–H groups in total. The van der Waals surface area contributed by atoms with Gasteiger partial charge < -0.3 is 5.32 Å².